The van der Waals surface area contributed by atoms with Crippen LogP contribution in [0.5, 0.6) is 0 Å². The molecule has 0 aromatic carbocycles. The number of imidazole rings is 1. The van der Waals surface area contributed by atoms with Gasteiger partial charge in [0.25, 0.3) is 0 Å². The molecule has 0 bridgehead atoms. The Labute approximate surface area is 188 Å². The van der Waals surface area contributed by atoms with Crippen LogP contribution in [0.2, 0.25) is 0 Å². The van der Waals surface area contributed by atoms with Crippen molar-refractivity contribution in [3.63, 3.8) is 0 Å². The average Bonchev–Trinajstić information content (AvgIpc) is 3.18. The Hall–Kier alpha value is 0.420. The third kappa shape index (κ3) is 7.15. The van der Waals surface area contributed by atoms with E-state index in [1.807, 2.05) is 0 Å². The summed E-state index contributed by atoms with van der Waals surface area (Å²) >= 11 is 0. The van der Waals surface area contributed by atoms with Gasteiger partial charge in [-0.3, -0.25) is 0 Å². The molecule has 0 amide bonds. The van der Waals surface area contributed by atoms with Gasteiger partial charge in [-0.15, -0.1) is 0 Å². The van der Waals surface area contributed by atoms with E-state index in [4.69, 9.17) is 0 Å². The van der Waals surface area contributed by atoms with Crippen molar-refractivity contribution >= 4 is 24.6 Å². The average molecular weight is 387 g/mol. The SMILES string of the molecule is O=P([O-])([O-])COCC(O)Cn1cnc2c(NC3CC3)ncnc21.[Na+].[Na+]. The maximum Gasteiger partial charge on any atom is 1.00 e. The second kappa shape index (κ2) is 10.1. The van der Waals surface area contributed by atoms with Gasteiger partial charge in [0.1, 0.15) is 11.8 Å². The fraction of sp³-hybridized carbons (Fsp3) is 0.583. The molecule has 0 radical (unpaired) electrons. The monoisotopic (exact) mass is 387 g/mol. The summed E-state index contributed by atoms with van der Waals surface area (Å²) in [4.78, 5) is 33.5. The van der Waals surface area contributed by atoms with Crippen LogP contribution >= 0.6 is 7.60 Å². The van der Waals surface area contributed by atoms with Crippen LogP contribution in [0.1, 0.15) is 12.8 Å². The molecule has 25 heavy (non-hydrogen) atoms. The second-order valence-corrected chi connectivity index (χ2v) is 6.95. The van der Waals surface area contributed by atoms with Gasteiger partial charge in [0.15, 0.2) is 11.5 Å². The van der Waals surface area contributed by atoms with Crippen LogP contribution in [0.4, 0.5) is 5.82 Å². The number of hydrogen-bond acceptors (Lipinski definition) is 9. The largest absolute Gasteiger partial charge is 1.00 e. The second-order valence-electron chi connectivity index (χ2n) is 5.47. The standard InChI is InChI=1S/C12H18N5O5P.2Na/c18-9(4-22-7-23(19,20)21)3-17-6-15-10-11(16-8-1-2-8)13-5-14-12(10)17;;/h5-6,8-9,18H,1-4,7H2,(H,13,14,16)(H2,19,20,21);;/q;2*+1/p-2. The molecule has 0 aliphatic heterocycles. The van der Waals surface area contributed by atoms with E-state index in [9.17, 15) is 19.5 Å². The fourth-order valence-electron chi connectivity index (χ4n) is 2.12. The number of ether oxygens (including phenoxy) is 1. The minimum Gasteiger partial charge on any atom is -0.809 e. The van der Waals surface area contributed by atoms with E-state index in [0.717, 1.165) is 12.8 Å². The summed E-state index contributed by atoms with van der Waals surface area (Å²) in [5.41, 5.74) is 1.16. The molecule has 0 spiro atoms. The summed E-state index contributed by atoms with van der Waals surface area (Å²) in [5.74, 6) is 0.653. The van der Waals surface area contributed by atoms with Crippen LogP contribution in [0.25, 0.3) is 11.2 Å². The maximum absolute atomic E-state index is 10.5. The number of hydrogen-bond donors (Lipinski definition) is 2. The Morgan fingerprint density at radius 2 is 2.08 bits per heavy atom. The summed E-state index contributed by atoms with van der Waals surface area (Å²) in [7, 11) is -4.73. The number of nitrogens with one attached hydrogen (secondary N) is 1. The molecule has 1 fully saturated rings. The topological polar surface area (TPSA) is 148 Å². The Morgan fingerprint density at radius 3 is 2.72 bits per heavy atom. The smallest absolute Gasteiger partial charge is 0.809 e. The molecule has 13 heteroatoms. The molecule has 1 atom stereocenters. The molecular weight excluding hydrogens is 371 g/mol. The van der Waals surface area contributed by atoms with E-state index in [1.165, 1.54) is 12.7 Å². The molecular formula is C12H16N5Na2O5P. The first-order valence-corrected chi connectivity index (χ1v) is 8.84. The van der Waals surface area contributed by atoms with Gasteiger partial charge in [0.05, 0.1) is 31.9 Å². The van der Waals surface area contributed by atoms with Crippen LogP contribution in [0, 0.1) is 0 Å². The Balaban J connectivity index is 0.00000156. The minimum absolute atomic E-state index is 0. The zero-order valence-corrected chi connectivity index (χ0v) is 19.1. The molecule has 3 rings (SSSR count). The van der Waals surface area contributed by atoms with Gasteiger partial charge in [0, 0.05) is 6.04 Å². The van der Waals surface area contributed by atoms with E-state index < -0.39 is 20.0 Å². The van der Waals surface area contributed by atoms with E-state index >= 15 is 0 Å². The number of rotatable bonds is 8. The van der Waals surface area contributed by atoms with Crippen molar-refractivity contribution in [3.8, 4) is 0 Å². The number of fused-ring (bicyclic) bond motifs is 1. The van der Waals surface area contributed by atoms with E-state index in [-0.39, 0.29) is 72.3 Å². The Morgan fingerprint density at radius 1 is 1.36 bits per heavy atom. The van der Waals surface area contributed by atoms with E-state index in [2.05, 4.69) is 25.0 Å². The van der Waals surface area contributed by atoms with Crippen molar-refractivity contribution in [2.45, 2.75) is 31.5 Å². The molecule has 1 aliphatic rings. The maximum atomic E-state index is 10.5. The normalized spacial score (nSPS) is 15.3. The van der Waals surface area contributed by atoms with Gasteiger partial charge >= 0.3 is 59.1 Å². The van der Waals surface area contributed by atoms with Crippen molar-refractivity contribution < 1.29 is 83.3 Å². The van der Waals surface area contributed by atoms with Gasteiger partial charge in [-0.25, -0.2) is 15.0 Å². The van der Waals surface area contributed by atoms with Gasteiger partial charge in [-0.05, 0) is 20.4 Å². The van der Waals surface area contributed by atoms with Crippen LogP contribution in [-0.4, -0.2) is 49.7 Å². The molecule has 10 nitrogen and oxygen atoms in total. The van der Waals surface area contributed by atoms with E-state index in [0.29, 0.717) is 23.0 Å². The van der Waals surface area contributed by atoms with Crippen molar-refractivity contribution in [2.75, 3.05) is 18.3 Å². The molecule has 1 aliphatic carbocycles. The molecule has 0 saturated heterocycles. The number of aliphatic hydroxyl groups excluding tert-OH is 1. The van der Waals surface area contributed by atoms with Crippen molar-refractivity contribution in [3.05, 3.63) is 12.7 Å². The van der Waals surface area contributed by atoms with Gasteiger partial charge in [-0.2, -0.15) is 0 Å². The summed E-state index contributed by atoms with van der Waals surface area (Å²) in [6.45, 7) is -0.162. The van der Waals surface area contributed by atoms with Gasteiger partial charge in [-0.1, -0.05) is 0 Å². The van der Waals surface area contributed by atoms with Crippen LogP contribution in [-0.2, 0) is 15.8 Å². The van der Waals surface area contributed by atoms with Crippen molar-refractivity contribution in [1.82, 2.24) is 19.5 Å². The van der Waals surface area contributed by atoms with Crippen molar-refractivity contribution in [2.24, 2.45) is 0 Å². The quantitative estimate of drug-likeness (QED) is 0.333. The Bertz CT molecular complexity index is 738. The van der Waals surface area contributed by atoms with Crippen molar-refractivity contribution in [1.29, 1.82) is 0 Å². The number of aromatic nitrogens is 4. The van der Waals surface area contributed by atoms with Crippen LogP contribution < -0.4 is 74.2 Å². The summed E-state index contributed by atoms with van der Waals surface area (Å²) in [6, 6.07) is 0.423. The fourth-order valence-corrected chi connectivity index (χ4v) is 2.45. The predicted octanol–water partition coefficient (Wildman–Crippen LogP) is -7.34. The number of nitrogens with zero attached hydrogens (tertiary/aromatic N) is 4. The molecule has 1 unspecified atom stereocenters. The zero-order chi connectivity index (χ0) is 16.4. The van der Waals surface area contributed by atoms with Gasteiger partial charge in [0.2, 0.25) is 0 Å². The number of anilines is 1. The number of aliphatic hydroxyl groups is 1. The predicted molar refractivity (Wildman–Crippen MR) is 76.4 cm³/mol. The van der Waals surface area contributed by atoms with E-state index in [1.54, 1.807) is 4.57 Å². The van der Waals surface area contributed by atoms with Crippen LogP contribution in [0.15, 0.2) is 12.7 Å². The summed E-state index contributed by atoms with van der Waals surface area (Å²) in [5, 5.41) is 13.1. The van der Waals surface area contributed by atoms with Crippen LogP contribution in [0.3, 0.4) is 0 Å². The first kappa shape index (κ1) is 23.5. The molecule has 2 aromatic heterocycles. The first-order valence-electron chi connectivity index (χ1n) is 7.11. The third-order valence-corrected chi connectivity index (χ3v) is 3.79. The molecule has 1 saturated carbocycles. The summed E-state index contributed by atoms with van der Waals surface area (Å²) in [6.07, 6.45) is 3.21. The molecule has 126 valence electrons. The molecule has 2 heterocycles. The summed E-state index contributed by atoms with van der Waals surface area (Å²) < 4.78 is 16.8. The minimum atomic E-state index is -4.73. The molecule has 2 aromatic rings. The Kier molecular flexibility index (Phi) is 9.48. The van der Waals surface area contributed by atoms with Gasteiger partial charge < -0.3 is 34.1 Å². The zero-order valence-electron chi connectivity index (χ0n) is 14.2. The molecule has 2 N–H and O–H groups in total. The third-order valence-electron chi connectivity index (χ3n) is 3.29. The first-order chi connectivity index (χ1) is 10.9.